The molecule has 0 aliphatic carbocycles. The van der Waals surface area contributed by atoms with E-state index in [-0.39, 0.29) is 5.69 Å². The van der Waals surface area contributed by atoms with Gasteiger partial charge in [-0.3, -0.25) is 15.1 Å². The molecule has 0 saturated carbocycles. The molecule has 0 radical (unpaired) electrons. The van der Waals surface area contributed by atoms with Crippen LogP contribution in [0.15, 0.2) is 18.5 Å². The zero-order valence-corrected chi connectivity index (χ0v) is 10.8. The smallest absolute Gasteiger partial charge is 0.310 e. The third-order valence-electron chi connectivity index (χ3n) is 3.17. The molecule has 0 unspecified atom stereocenters. The fourth-order valence-electron chi connectivity index (χ4n) is 2.14. The molecule has 1 aromatic heterocycles. The number of rotatable bonds is 6. The van der Waals surface area contributed by atoms with Crippen LogP contribution < -0.4 is 10.6 Å². The molecule has 2 rings (SSSR count). The van der Waals surface area contributed by atoms with Crippen molar-refractivity contribution < 1.29 is 4.92 Å². The van der Waals surface area contributed by atoms with Crippen molar-refractivity contribution in [2.75, 3.05) is 44.6 Å². The minimum absolute atomic E-state index is 0.0321. The Balaban J connectivity index is 1.74. The average molecular weight is 265 g/mol. The minimum Gasteiger partial charge on any atom is -0.379 e. The second kappa shape index (κ2) is 7.01. The molecule has 1 fully saturated rings. The Hall–Kier alpha value is -1.73. The normalized spacial score (nSPS) is 16.2. The van der Waals surface area contributed by atoms with Crippen LogP contribution in [-0.2, 0) is 0 Å². The Morgan fingerprint density at radius 1 is 1.47 bits per heavy atom. The summed E-state index contributed by atoms with van der Waals surface area (Å²) in [4.78, 5) is 16.6. The second-order valence-electron chi connectivity index (χ2n) is 4.52. The molecule has 7 heteroatoms. The van der Waals surface area contributed by atoms with Crippen molar-refractivity contribution >= 4 is 11.4 Å². The molecule has 1 aliphatic heterocycles. The predicted octanol–water partition coefficient (Wildman–Crippen LogP) is 0.697. The molecule has 1 aromatic rings. The van der Waals surface area contributed by atoms with Gasteiger partial charge < -0.3 is 15.5 Å². The quantitative estimate of drug-likeness (QED) is 0.447. The van der Waals surface area contributed by atoms with Gasteiger partial charge in [-0.1, -0.05) is 0 Å². The zero-order valence-electron chi connectivity index (χ0n) is 10.8. The first-order valence-electron chi connectivity index (χ1n) is 6.53. The van der Waals surface area contributed by atoms with E-state index in [1.807, 2.05) is 0 Å². The van der Waals surface area contributed by atoms with Gasteiger partial charge in [-0.15, -0.1) is 0 Å². The Kier molecular flexibility index (Phi) is 5.05. The summed E-state index contributed by atoms with van der Waals surface area (Å²) in [6.07, 6.45) is 3.81. The van der Waals surface area contributed by atoms with E-state index in [0.717, 1.165) is 45.7 Å². The fourth-order valence-corrected chi connectivity index (χ4v) is 2.14. The SMILES string of the molecule is O=[N+]([O-])c1cnccc1NCCCN1CCNCC1. The first kappa shape index (κ1) is 13.7. The second-order valence-corrected chi connectivity index (χ2v) is 4.52. The van der Waals surface area contributed by atoms with Gasteiger partial charge in [0, 0.05) is 38.9 Å². The van der Waals surface area contributed by atoms with Crippen LogP contribution in [-0.4, -0.2) is 54.1 Å². The third-order valence-corrected chi connectivity index (χ3v) is 3.17. The molecule has 0 bridgehead atoms. The summed E-state index contributed by atoms with van der Waals surface area (Å²) >= 11 is 0. The lowest BCUT2D eigenvalue weighted by Crippen LogP contribution is -2.44. The van der Waals surface area contributed by atoms with Crippen LogP contribution in [0.2, 0.25) is 0 Å². The molecular weight excluding hydrogens is 246 g/mol. The molecule has 1 saturated heterocycles. The molecule has 19 heavy (non-hydrogen) atoms. The van der Waals surface area contributed by atoms with Crippen molar-refractivity contribution in [3.8, 4) is 0 Å². The Morgan fingerprint density at radius 2 is 2.26 bits per heavy atom. The number of pyridine rings is 1. The van der Waals surface area contributed by atoms with E-state index in [1.54, 1.807) is 12.3 Å². The highest BCUT2D eigenvalue weighted by atomic mass is 16.6. The first-order valence-corrected chi connectivity index (χ1v) is 6.53. The van der Waals surface area contributed by atoms with Crippen molar-refractivity contribution in [3.63, 3.8) is 0 Å². The van der Waals surface area contributed by atoms with Crippen LogP contribution in [0.25, 0.3) is 0 Å². The topological polar surface area (TPSA) is 83.3 Å². The average Bonchev–Trinajstić information content (AvgIpc) is 2.45. The number of piperazine rings is 1. The van der Waals surface area contributed by atoms with Crippen molar-refractivity contribution in [1.29, 1.82) is 0 Å². The number of nitrogens with one attached hydrogen (secondary N) is 2. The Morgan fingerprint density at radius 3 is 3.00 bits per heavy atom. The molecule has 2 N–H and O–H groups in total. The van der Waals surface area contributed by atoms with Crippen LogP contribution >= 0.6 is 0 Å². The van der Waals surface area contributed by atoms with Crippen molar-refractivity contribution in [2.24, 2.45) is 0 Å². The van der Waals surface area contributed by atoms with Gasteiger partial charge in [0.15, 0.2) is 0 Å². The van der Waals surface area contributed by atoms with Gasteiger partial charge in [0.05, 0.1) is 4.92 Å². The lowest BCUT2D eigenvalue weighted by molar-refractivity contribution is -0.384. The van der Waals surface area contributed by atoms with Crippen LogP contribution in [0.5, 0.6) is 0 Å². The third kappa shape index (κ3) is 4.15. The summed E-state index contributed by atoms with van der Waals surface area (Å²) in [7, 11) is 0. The molecule has 7 nitrogen and oxygen atoms in total. The summed E-state index contributed by atoms with van der Waals surface area (Å²) in [6, 6.07) is 1.64. The Labute approximate surface area is 112 Å². The van der Waals surface area contributed by atoms with Crippen LogP contribution in [0.4, 0.5) is 11.4 Å². The van der Waals surface area contributed by atoms with Crippen molar-refractivity contribution in [3.05, 3.63) is 28.6 Å². The van der Waals surface area contributed by atoms with Gasteiger partial charge in [-0.05, 0) is 19.0 Å². The van der Waals surface area contributed by atoms with E-state index < -0.39 is 4.92 Å². The molecule has 2 heterocycles. The lowest BCUT2D eigenvalue weighted by atomic mass is 10.3. The molecule has 0 aromatic carbocycles. The fraction of sp³-hybridized carbons (Fsp3) is 0.583. The van der Waals surface area contributed by atoms with E-state index in [0.29, 0.717) is 5.69 Å². The summed E-state index contributed by atoms with van der Waals surface area (Å²) in [5, 5.41) is 17.2. The molecule has 0 spiro atoms. The summed E-state index contributed by atoms with van der Waals surface area (Å²) in [5.41, 5.74) is 0.574. The number of hydrogen-bond acceptors (Lipinski definition) is 6. The summed E-state index contributed by atoms with van der Waals surface area (Å²) in [5.74, 6) is 0. The number of anilines is 1. The molecular formula is C12H19N5O2. The molecule has 0 amide bonds. The standard InChI is InChI=1S/C12H19N5O2/c18-17(19)12-10-14-4-2-11(12)15-3-1-7-16-8-5-13-6-9-16/h2,4,10,13H,1,3,5-9H2,(H,14,15). The summed E-state index contributed by atoms with van der Waals surface area (Å²) in [6.45, 7) is 6.00. The van der Waals surface area contributed by atoms with E-state index in [1.165, 1.54) is 6.20 Å². The monoisotopic (exact) mass is 265 g/mol. The largest absolute Gasteiger partial charge is 0.379 e. The molecule has 1 aliphatic rings. The van der Waals surface area contributed by atoms with E-state index >= 15 is 0 Å². The zero-order chi connectivity index (χ0) is 13.5. The highest BCUT2D eigenvalue weighted by Gasteiger charge is 2.13. The molecule has 104 valence electrons. The van der Waals surface area contributed by atoms with Gasteiger partial charge in [-0.2, -0.15) is 0 Å². The van der Waals surface area contributed by atoms with E-state index in [4.69, 9.17) is 0 Å². The van der Waals surface area contributed by atoms with Gasteiger partial charge in [0.2, 0.25) is 0 Å². The number of nitrogens with zero attached hydrogens (tertiary/aromatic N) is 3. The maximum atomic E-state index is 10.8. The van der Waals surface area contributed by atoms with Gasteiger partial charge in [0.1, 0.15) is 11.9 Å². The Bertz CT molecular complexity index is 420. The van der Waals surface area contributed by atoms with E-state index in [9.17, 15) is 10.1 Å². The minimum atomic E-state index is -0.411. The summed E-state index contributed by atoms with van der Waals surface area (Å²) < 4.78 is 0. The number of hydrogen-bond donors (Lipinski definition) is 2. The lowest BCUT2D eigenvalue weighted by Gasteiger charge is -2.27. The highest BCUT2D eigenvalue weighted by molar-refractivity contribution is 5.59. The number of nitro groups is 1. The van der Waals surface area contributed by atoms with Crippen LogP contribution in [0.3, 0.4) is 0 Å². The maximum absolute atomic E-state index is 10.8. The van der Waals surface area contributed by atoms with Crippen molar-refractivity contribution in [1.82, 2.24) is 15.2 Å². The molecule has 0 atom stereocenters. The predicted molar refractivity (Wildman–Crippen MR) is 73.3 cm³/mol. The van der Waals surface area contributed by atoms with Crippen molar-refractivity contribution in [2.45, 2.75) is 6.42 Å². The van der Waals surface area contributed by atoms with E-state index in [2.05, 4.69) is 20.5 Å². The first-order chi connectivity index (χ1) is 9.27. The maximum Gasteiger partial charge on any atom is 0.310 e. The van der Waals surface area contributed by atoms with Crippen LogP contribution in [0.1, 0.15) is 6.42 Å². The number of aromatic nitrogens is 1. The van der Waals surface area contributed by atoms with Gasteiger partial charge >= 0.3 is 5.69 Å². The van der Waals surface area contributed by atoms with Crippen LogP contribution in [0, 0.1) is 10.1 Å². The van der Waals surface area contributed by atoms with Gasteiger partial charge in [0.25, 0.3) is 0 Å². The van der Waals surface area contributed by atoms with Gasteiger partial charge in [-0.25, -0.2) is 0 Å². The highest BCUT2D eigenvalue weighted by Crippen LogP contribution is 2.21.